The van der Waals surface area contributed by atoms with Crippen LogP contribution in [0.5, 0.6) is 0 Å². The van der Waals surface area contributed by atoms with Crippen LogP contribution in [0.3, 0.4) is 0 Å². The van der Waals surface area contributed by atoms with Gasteiger partial charge < -0.3 is 15.4 Å². The molecule has 0 saturated carbocycles. The van der Waals surface area contributed by atoms with Gasteiger partial charge in [-0.3, -0.25) is 0 Å². The number of carbonyl (C=O) groups is 1. The molecule has 0 aromatic carbocycles. The van der Waals surface area contributed by atoms with E-state index in [2.05, 4.69) is 0 Å². The normalized spacial score (nSPS) is 23.3. The highest BCUT2D eigenvalue weighted by Gasteiger charge is 2.32. The Balaban J connectivity index is 2.67. The fourth-order valence-corrected chi connectivity index (χ4v) is 1.27. The number of hydrogen-bond donors (Lipinski definition) is 1. The molecule has 0 radical (unpaired) electrons. The molecule has 4 nitrogen and oxygen atoms in total. The van der Waals surface area contributed by atoms with Gasteiger partial charge >= 0.3 is 6.03 Å². The number of ether oxygens (including phenoxy) is 1. The summed E-state index contributed by atoms with van der Waals surface area (Å²) in [7, 11) is 0. The highest BCUT2D eigenvalue weighted by molar-refractivity contribution is 5.73. The van der Waals surface area contributed by atoms with Gasteiger partial charge in [0.25, 0.3) is 0 Å². The zero-order valence-corrected chi connectivity index (χ0v) is 6.96. The van der Waals surface area contributed by atoms with Crippen LogP contribution in [0.4, 0.5) is 4.79 Å². The third kappa shape index (κ3) is 1.63. The molecule has 2 amide bonds. The minimum Gasteiger partial charge on any atom is -0.377 e. The van der Waals surface area contributed by atoms with Crippen molar-refractivity contribution in [2.24, 2.45) is 5.73 Å². The van der Waals surface area contributed by atoms with Gasteiger partial charge in [-0.15, -0.1) is 0 Å². The quantitative estimate of drug-likeness (QED) is 0.546. The van der Waals surface area contributed by atoms with Crippen molar-refractivity contribution in [2.45, 2.75) is 19.4 Å². The van der Waals surface area contributed by atoms with Crippen LogP contribution in [0, 0.1) is 0 Å². The van der Waals surface area contributed by atoms with Gasteiger partial charge in [0, 0.05) is 6.54 Å². The van der Waals surface area contributed by atoms with Crippen molar-refractivity contribution in [3.8, 4) is 0 Å². The number of nitrogens with zero attached hydrogens (tertiary/aromatic N) is 1. The minimum atomic E-state index is -0.363. The summed E-state index contributed by atoms with van der Waals surface area (Å²) in [6.07, 6.45) is 0. The Kier molecular flexibility index (Phi) is 2.04. The van der Waals surface area contributed by atoms with Crippen LogP contribution < -0.4 is 5.73 Å². The van der Waals surface area contributed by atoms with Crippen molar-refractivity contribution >= 4 is 6.03 Å². The summed E-state index contributed by atoms with van der Waals surface area (Å²) in [5.74, 6) is 0. The zero-order valence-electron chi connectivity index (χ0n) is 6.96. The summed E-state index contributed by atoms with van der Waals surface area (Å²) in [6, 6.07) is -0.363. The van der Waals surface area contributed by atoms with Gasteiger partial charge in [0.1, 0.15) is 0 Å². The second-order valence-corrected chi connectivity index (χ2v) is 3.35. The van der Waals surface area contributed by atoms with Crippen LogP contribution in [0.15, 0.2) is 0 Å². The maximum Gasteiger partial charge on any atom is 0.315 e. The molecule has 1 heterocycles. The van der Waals surface area contributed by atoms with E-state index in [0.29, 0.717) is 19.8 Å². The monoisotopic (exact) mass is 158 g/mol. The molecular weight excluding hydrogens is 144 g/mol. The van der Waals surface area contributed by atoms with Crippen LogP contribution >= 0.6 is 0 Å². The molecule has 0 unspecified atom stereocenters. The van der Waals surface area contributed by atoms with Crippen molar-refractivity contribution in [1.82, 2.24) is 4.90 Å². The van der Waals surface area contributed by atoms with E-state index in [1.807, 2.05) is 13.8 Å². The Morgan fingerprint density at radius 2 is 2.27 bits per heavy atom. The van der Waals surface area contributed by atoms with E-state index < -0.39 is 0 Å². The van der Waals surface area contributed by atoms with E-state index in [4.69, 9.17) is 10.5 Å². The fraction of sp³-hybridized carbons (Fsp3) is 0.857. The number of carbonyl (C=O) groups excluding carboxylic acids is 1. The maximum absolute atomic E-state index is 10.9. The Morgan fingerprint density at radius 1 is 1.64 bits per heavy atom. The van der Waals surface area contributed by atoms with E-state index in [0.717, 1.165) is 0 Å². The van der Waals surface area contributed by atoms with Crippen LogP contribution in [0.25, 0.3) is 0 Å². The van der Waals surface area contributed by atoms with Crippen LogP contribution in [0.1, 0.15) is 13.8 Å². The predicted molar refractivity (Wildman–Crippen MR) is 41.2 cm³/mol. The summed E-state index contributed by atoms with van der Waals surface area (Å²) in [5, 5.41) is 0. The van der Waals surface area contributed by atoms with Gasteiger partial charge in [-0.25, -0.2) is 4.79 Å². The lowest BCUT2D eigenvalue weighted by Gasteiger charge is -2.40. The summed E-state index contributed by atoms with van der Waals surface area (Å²) in [6.45, 7) is 5.64. The number of nitrogens with two attached hydrogens (primary N) is 1. The number of primary amides is 1. The first kappa shape index (κ1) is 8.33. The van der Waals surface area contributed by atoms with Crippen molar-refractivity contribution < 1.29 is 9.53 Å². The van der Waals surface area contributed by atoms with Crippen LogP contribution in [-0.2, 0) is 4.74 Å². The third-order valence-corrected chi connectivity index (χ3v) is 1.91. The largest absolute Gasteiger partial charge is 0.377 e. The number of amides is 2. The van der Waals surface area contributed by atoms with Crippen LogP contribution in [0.2, 0.25) is 0 Å². The summed E-state index contributed by atoms with van der Waals surface area (Å²) in [4.78, 5) is 12.5. The molecule has 0 spiro atoms. The van der Waals surface area contributed by atoms with Gasteiger partial charge in [0.15, 0.2) is 0 Å². The SMILES string of the molecule is CC1(C)COCCN1C(N)=O. The number of rotatable bonds is 0. The molecule has 64 valence electrons. The zero-order chi connectivity index (χ0) is 8.48. The first-order valence-corrected chi connectivity index (χ1v) is 3.69. The molecule has 2 N–H and O–H groups in total. The van der Waals surface area contributed by atoms with Gasteiger partial charge in [-0.2, -0.15) is 0 Å². The molecule has 11 heavy (non-hydrogen) atoms. The highest BCUT2D eigenvalue weighted by Crippen LogP contribution is 2.17. The molecule has 1 saturated heterocycles. The Morgan fingerprint density at radius 3 is 2.64 bits per heavy atom. The average Bonchev–Trinajstić information content (AvgIpc) is 1.85. The standard InChI is InChI=1S/C7H14N2O2/c1-7(2)5-11-4-3-9(7)6(8)10/h3-5H2,1-2H3,(H2,8,10). The van der Waals surface area contributed by atoms with Crippen molar-refractivity contribution in [2.75, 3.05) is 19.8 Å². The number of morpholine rings is 1. The Labute approximate surface area is 66.3 Å². The number of urea groups is 1. The second kappa shape index (κ2) is 2.70. The van der Waals surface area contributed by atoms with E-state index in [-0.39, 0.29) is 11.6 Å². The molecule has 0 aliphatic carbocycles. The molecule has 1 aliphatic heterocycles. The molecule has 1 aliphatic rings. The molecule has 1 rings (SSSR count). The lowest BCUT2D eigenvalue weighted by molar-refractivity contribution is -0.0259. The topological polar surface area (TPSA) is 55.6 Å². The molecular formula is C7H14N2O2. The van der Waals surface area contributed by atoms with Gasteiger partial charge in [-0.1, -0.05) is 0 Å². The average molecular weight is 158 g/mol. The number of hydrogen-bond acceptors (Lipinski definition) is 2. The first-order valence-electron chi connectivity index (χ1n) is 3.69. The van der Waals surface area contributed by atoms with E-state index in [9.17, 15) is 4.79 Å². The predicted octanol–water partition coefficient (Wildman–Crippen LogP) is 0.176. The van der Waals surface area contributed by atoms with E-state index in [1.54, 1.807) is 4.90 Å². The second-order valence-electron chi connectivity index (χ2n) is 3.35. The Hall–Kier alpha value is -0.770. The van der Waals surface area contributed by atoms with Gasteiger partial charge in [0.2, 0.25) is 0 Å². The van der Waals surface area contributed by atoms with Crippen molar-refractivity contribution in [3.05, 3.63) is 0 Å². The van der Waals surface area contributed by atoms with E-state index in [1.165, 1.54) is 0 Å². The first-order chi connectivity index (χ1) is 5.04. The highest BCUT2D eigenvalue weighted by atomic mass is 16.5. The van der Waals surface area contributed by atoms with Crippen LogP contribution in [-0.4, -0.2) is 36.2 Å². The lowest BCUT2D eigenvalue weighted by Crippen LogP contribution is -2.57. The molecule has 4 heteroatoms. The molecule has 0 bridgehead atoms. The third-order valence-electron chi connectivity index (χ3n) is 1.91. The molecule has 1 fully saturated rings. The molecule has 0 aromatic rings. The maximum atomic E-state index is 10.9. The Bertz CT molecular complexity index is 168. The molecule has 0 atom stereocenters. The summed E-state index contributed by atoms with van der Waals surface area (Å²) < 4.78 is 5.22. The minimum absolute atomic E-state index is 0.246. The fourth-order valence-electron chi connectivity index (χ4n) is 1.27. The van der Waals surface area contributed by atoms with Gasteiger partial charge in [-0.05, 0) is 13.8 Å². The van der Waals surface area contributed by atoms with Crippen molar-refractivity contribution in [3.63, 3.8) is 0 Å². The van der Waals surface area contributed by atoms with Gasteiger partial charge in [0.05, 0.1) is 18.8 Å². The summed E-state index contributed by atoms with van der Waals surface area (Å²) in [5.41, 5.74) is 4.93. The summed E-state index contributed by atoms with van der Waals surface area (Å²) >= 11 is 0. The van der Waals surface area contributed by atoms with E-state index >= 15 is 0 Å². The smallest absolute Gasteiger partial charge is 0.315 e. The molecule has 0 aromatic heterocycles. The lowest BCUT2D eigenvalue weighted by atomic mass is 10.0. The van der Waals surface area contributed by atoms with Crippen molar-refractivity contribution in [1.29, 1.82) is 0 Å².